The third kappa shape index (κ3) is 15.8. The van der Waals surface area contributed by atoms with Gasteiger partial charge in [-0.3, -0.25) is 38.6 Å². The van der Waals surface area contributed by atoms with Gasteiger partial charge in [-0.2, -0.15) is 0 Å². The molecule has 1 aromatic rings. The van der Waals surface area contributed by atoms with Crippen LogP contribution < -0.4 is 21.3 Å². The van der Waals surface area contributed by atoms with E-state index in [2.05, 4.69) is 21.3 Å². The van der Waals surface area contributed by atoms with Crippen LogP contribution in [0.2, 0.25) is 0 Å². The number of nitrogens with zero attached hydrogens (tertiary/aromatic N) is 4. The molecule has 72 heavy (non-hydrogen) atoms. The summed E-state index contributed by atoms with van der Waals surface area (Å²) in [5.74, 6) is -5.07. The molecule has 3 rings (SSSR count). The second-order valence-electron chi connectivity index (χ2n) is 22.6. The number of nitrogens with one attached hydrogen (secondary N) is 4. The van der Waals surface area contributed by atoms with Crippen molar-refractivity contribution in [3.8, 4) is 0 Å². The van der Waals surface area contributed by atoms with Crippen molar-refractivity contribution in [3.05, 3.63) is 35.4 Å². The van der Waals surface area contributed by atoms with Crippen molar-refractivity contribution in [2.75, 3.05) is 41.4 Å². The summed E-state index contributed by atoms with van der Waals surface area (Å²) in [5, 5.41) is 11.2. The van der Waals surface area contributed by atoms with E-state index in [0.29, 0.717) is 0 Å². The third-order valence-electron chi connectivity index (χ3n) is 12.3. The van der Waals surface area contributed by atoms with Gasteiger partial charge in [0.05, 0.1) is 14.2 Å². The fourth-order valence-electron chi connectivity index (χ4n) is 7.89. The summed E-state index contributed by atoms with van der Waals surface area (Å²) in [7, 11) is 5.16. The van der Waals surface area contributed by atoms with Gasteiger partial charge in [-0.05, 0) is 90.5 Å². The number of likely N-dealkylation sites (tertiary alicyclic amines) is 2. The molecule has 2 heterocycles. The first kappa shape index (κ1) is 59.8. The largest absolute Gasteiger partial charge is 0.467 e. The van der Waals surface area contributed by atoms with Crippen LogP contribution in [0.5, 0.6) is 0 Å². The summed E-state index contributed by atoms with van der Waals surface area (Å²) in [4.78, 5) is 139. The van der Waals surface area contributed by atoms with Crippen molar-refractivity contribution < 1.29 is 66.9 Å². The monoisotopic (exact) mass is 1010 g/mol. The molecule has 0 unspecified atom stereocenters. The van der Waals surface area contributed by atoms with E-state index < -0.39 is 130 Å². The number of carbonyl (C=O) groups excluding carboxylic acids is 10. The van der Waals surface area contributed by atoms with E-state index in [1.807, 2.05) is 0 Å². The van der Waals surface area contributed by atoms with E-state index in [9.17, 15) is 47.9 Å². The van der Waals surface area contributed by atoms with Gasteiger partial charge in [0.2, 0.25) is 23.6 Å². The quantitative estimate of drug-likeness (QED) is 0.154. The number of amides is 8. The lowest BCUT2D eigenvalue weighted by Gasteiger charge is -2.36. The number of ether oxygens (including phenoxy) is 4. The minimum Gasteiger partial charge on any atom is -0.467 e. The lowest BCUT2D eigenvalue weighted by molar-refractivity contribution is -0.153. The van der Waals surface area contributed by atoms with Gasteiger partial charge < -0.3 is 50.0 Å². The van der Waals surface area contributed by atoms with Crippen molar-refractivity contribution in [1.82, 2.24) is 40.9 Å². The Balaban J connectivity index is 1.74. The Labute approximate surface area is 423 Å². The summed E-state index contributed by atoms with van der Waals surface area (Å²) in [6.07, 6.45) is -1.48. The van der Waals surface area contributed by atoms with E-state index in [4.69, 9.17) is 18.9 Å². The lowest BCUT2D eigenvalue weighted by Crippen LogP contribution is -2.59. The molecule has 22 heteroatoms. The molecule has 22 nitrogen and oxygen atoms in total. The molecular formula is C50H78N8O14. The van der Waals surface area contributed by atoms with E-state index in [0.717, 1.165) is 9.80 Å². The lowest BCUT2D eigenvalue weighted by atomic mass is 9.85. The number of carbonyl (C=O) groups is 10. The minimum absolute atomic E-state index is 0.00580. The third-order valence-corrected chi connectivity index (χ3v) is 12.3. The maximum atomic E-state index is 14.3. The Kier molecular flexibility index (Phi) is 19.4. The van der Waals surface area contributed by atoms with Crippen LogP contribution in [-0.4, -0.2) is 180 Å². The number of hydrogen-bond donors (Lipinski definition) is 4. The maximum Gasteiger partial charge on any atom is 0.410 e. The maximum absolute atomic E-state index is 14.3. The van der Waals surface area contributed by atoms with E-state index in [-0.39, 0.29) is 37.1 Å². The van der Waals surface area contributed by atoms with Crippen LogP contribution in [0.15, 0.2) is 24.3 Å². The normalized spacial score (nSPS) is 19.9. The number of methoxy groups -OCH3 is 2. The van der Waals surface area contributed by atoms with Crippen molar-refractivity contribution in [2.45, 2.75) is 169 Å². The van der Waals surface area contributed by atoms with Gasteiger partial charge in [0, 0.05) is 63.2 Å². The minimum atomic E-state index is -1.16. The van der Waals surface area contributed by atoms with Crippen LogP contribution in [0.1, 0.15) is 130 Å². The first-order valence-corrected chi connectivity index (χ1v) is 23.9. The number of rotatable bonds is 14. The van der Waals surface area contributed by atoms with Gasteiger partial charge in [0.15, 0.2) is 0 Å². The molecule has 1 aromatic carbocycles. The Bertz CT molecular complexity index is 2050. The molecule has 2 aliphatic rings. The number of hydrogen-bond acceptors (Lipinski definition) is 14. The molecular weight excluding hydrogens is 937 g/mol. The first-order valence-electron chi connectivity index (χ1n) is 23.9. The van der Waals surface area contributed by atoms with Crippen molar-refractivity contribution in [1.29, 1.82) is 0 Å². The van der Waals surface area contributed by atoms with E-state index in [1.54, 1.807) is 83.1 Å². The van der Waals surface area contributed by atoms with Crippen LogP contribution in [0.4, 0.5) is 9.59 Å². The molecule has 4 N–H and O–H groups in total. The number of likely N-dealkylation sites (N-methyl/N-ethyl adjacent to an activating group) is 2. The highest BCUT2D eigenvalue weighted by atomic mass is 16.6. The fourth-order valence-corrected chi connectivity index (χ4v) is 7.89. The fraction of sp³-hybridized carbons (Fsp3) is 0.680. The molecule has 402 valence electrons. The SMILES string of the molecule is COC(=O)[C@@H]1C[C@H](NC(=O)c2ccc(C(=O)N[C@H]3C[C@@H](C(=O)OC)N(C(=O)[C@@H](NC(=O)[C@H](C)N(C)C(=O)OC(C)(C)C)C(C)(C)C)C3)cc2)CN1C(=O)[C@@H](NC(=O)[C@H](C)N(C)C(=O)OC(C)(C)C)C(C)(C)C. The molecule has 0 radical (unpaired) electrons. The average Bonchev–Trinajstić information content (AvgIpc) is 3.90. The summed E-state index contributed by atoms with van der Waals surface area (Å²) in [5.41, 5.74) is -3.06. The second kappa shape index (κ2) is 23.4. The number of esters is 2. The Hall–Kier alpha value is -6.48. The van der Waals surface area contributed by atoms with Gasteiger partial charge in [0.25, 0.3) is 11.8 Å². The highest BCUT2D eigenvalue weighted by Gasteiger charge is 2.48. The van der Waals surface area contributed by atoms with Crippen LogP contribution in [0, 0.1) is 10.8 Å². The standard InChI is InChI=1S/C50H78N8O14/c1-27(55(15)45(67)71-49(9,10)11)37(59)53-35(47(3,4)5)41(63)57-25-31(23-33(57)43(65)69-17)51-39(61)29-19-21-30(22-20-29)40(62)52-32-24-34(44(66)70-18)58(26-32)42(64)36(48(6,7)8)54-38(60)28(2)56(16)46(68)72-50(12,13)14/h19-22,27-28,31-36H,23-26H2,1-18H3,(H,51,61)(H,52,62)(H,53,59)(H,54,60)/t27-,28-,31-,32-,33-,34-,35+,36+/m0/s1. The van der Waals surface area contributed by atoms with Crippen LogP contribution in [0.25, 0.3) is 0 Å². The van der Waals surface area contributed by atoms with Crippen molar-refractivity contribution >= 4 is 59.6 Å². The van der Waals surface area contributed by atoms with E-state index in [1.165, 1.54) is 76.2 Å². The molecule has 0 spiro atoms. The molecule has 2 fully saturated rings. The highest BCUT2D eigenvalue weighted by Crippen LogP contribution is 2.29. The van der Waals surface area contributed by atoms with Crippen LogP contribution in [0.3, 0.4) is 0 Å². The molecule has 8 atom stereocenters. The summed E-state index contributed by atoms with van der Waals surface area (Å²) < 4.78 is 20.8. The smallest absolute Gasteiger partial charge is 0.410 e. The zero-order valence-electron chi connectivity index (χ0n) is 45.3. The molecule has 2 aliphatic heterocycles. The highest BCUT2D eigenvalue weighted by molar-refractivity contribution is 5.99. The molecule has 0 aliphatic carbocycles. The Morgan fingerprint density at radius 3 is 1.08 bits per heavy atom. The molecule has 0 bridgehead atoms. The summed E-state index contributed by atoms with van der Waals surface area (Å²) >= 11 is 0. The van der Waals surface area contributed by atoms with Crippen molar-refractivity contribution in [2.24, 2.45) is 10.8 Å². The van der Waals surface area contributed by atoms with Crippen molar-refractivity contribution in [3.63, 3.8) is 0 Å². The molecule has 0 saturated carbocycles. The van der Waals surface area contributed by atoms with Crippen LogP contribution in [-0.2, 0) is 47.7 Å². The van der Waals surface area contributed by atoms with Gasteiger partial charge in [-0.1, -0.05) is 41.5 Å². The molecule has 0 aromatic heterocycles. The predicted molar refractivity (Wildman–Crippen MR) is 263 cm³/mol. The van der Waals surface area contributed by atoms with Gasteiger partial charge >= 0.3 is 24.1 Å². The summed E-state index contributed by atoms with van der Waals surface area (Å²) in [6.45, 7) is 23.3. The van der Waals surface area contributed by atoms with Gasteiger partial charge in [-0.15, -0.1) is 0 Å². The van der Waals surface area contributed by atoms with Crippen LogP contribution >= 0.6 is 0 Å². The average molecular weight is 1020 g/mol. The molecule has 8 amide bonds. The zero-order valence-corrected chi connectivity index (χ0v) is 45.3. The number of benzene rings is 1. The predicted octanol–water partition coefficient (Wildman–Crippen LogP) is 3.00. The first-order chi connectivity index (χ1) is 32.9. The van der Waals surface area contributed by atoms with Gasteiger partial charge in [0.1, 0.15) is 47.5 Å². The van der Waals surface area contributed by atoms with E-state index >= 15 is 0 Å². The Morgan fingerprint density at radius 2 is 0.833 bits per heavy atom. The topological polar surface area (TPSA) is 269 Å². The second-order valence-corrected chi connectivity index (χ2v) is 22.6. The molecule has 2 saturated heterocycles. The summed E-state index contributed by atoms with van der Waals surface area (Å²) in [6, 6.07) is -2.41. The zero-order chi connectivity index (χ0) is 55.2. The van der Waals surface area contributed by atoms with Gasteiger partial charge in [-0.25, -0.2) is 19.2 Å². The Morgan fingerprint density at radius 1 is 0.542 bits per heavy atom.